The first-order valence-electron chi connectivity index (χ1n) is 12.3. The maximum Gasteiger partial charge on any atom is 0.235 e. The second kappa shape index (κ2) is 8.48. The van der Waals surface area contributed by atoms with E-state index in [0.29, 0.717) is 23.5 Å². The Kier molecular flexibility index (Phi) is 5.27. The number of anilines is 1. The van der Waals surface area contributed by atoms with Crippen molar-refractivity contribution in [2.24, 2.45) is 24.8 Å². The molecular formula is C26H30N8O. The molecule has 2 aliphatic rings. The van der Waals surface area contributed by atoms with E-state index in [2.05, 4.69) is 30.8 Å². The van der Waals surface area contributed by atoms with Crippen LogP contribution >= 0.6 is 0 Å². The van der Waals surface area contributed by atoms with Gasteiger partial charge < -0.3 is 5.32 Å². The molecule has 3 N–H and O–H groups in total. The van der Waals surface area contributed by atoms with Crippen LogP contribution in [0.15, 0.2) is 36.5 Å². The molecular weight excluding hydrogens is 440 g/mol. The third kappa shape index (κ3) is 4.15. The van der Waals surface area contributed by atoms with E-state index >= 15 is 0 Å². The zero-order chi connectivity index (χ0) is 24.1. The Morgan fingerprint density at radius 1 is 1.03 bits per heavy atom. The molecule has 3 heterocycles. The fourth-order valence-corrected chi connectivity index (χ4v) is 5.41. The molecule has 3 aromatic heterocycles. The van der Waals surface area contributed by atoms with Crippen molar-refractivity contribution < 1.29 is 4.79 Å². The van der Waals surface area contributed by atoms with E-state index in [1.54, 1.807) is 10.9 Å². The Hall–Kier alpha value is -3.75. The smallest absolute Gasteiger partial charge is 0.235 e. The lowest BCUT2D eigenvalue weighted by Crippen LogP contribution is -2.31. The molecule has 2 fully saturated rings. The second-order valence-electron chi connectivity index (χ2n) is 9.99. The minimum Gasteiger partial charge on any atom is -0.325 e. The molecule has 9 heteroatoms. The van der Waals surface area contributed by atoms with Crippen LogP contribution in [-0.2, 0) is 11.8 Å². The van der Waals surface area contributed by atoms with Crippen molar-refractivity contribution in [1.29, 1.82) is 0 Å². The van der Waals surface area contributed by atoms with E-state index in [9.17, 15) is 4.79 Å². The molecule has 0 radical (unpaired) electrons. The quantitative estimate of drug-likeness (QED) is 0.353. The number of H-pyrrole nitrogens is 2. The van der Waals surface area contributed by atoms with Crippen LogP contribution in [0.4, 0.5) is 5.69 Å². The molecule has 1 aromatic carbocycles. The SMILES string of the molecule is Cc1n[nH]c(C)c1-c1ccc(NC(=O)C(c2nc(-c3ccnn3C)n[nH]2)C(C2CC2)C2CC2)cc1. The molecule has 2 aliphatic carbocycles. The molecule has 4 aromatic rings. The lowest BCUT2D eigenvalue weighted by Gasteiger charge is -2.24. The molecule has 180 valence electrons. The number of nitrogens with zero attached hydrogens (tertiary/aromatic N) is 5. The number of benzene rings is 1. The Bertz CT molecular complexity index is 1320. The van der Waals surface area contributed by atoms with Gasteiger partial charge in [-0.2, -0.15) is 15.3 Å². The second-order valence-corrected chi connectivity index (χ2v) is 9.99. The number of carbonyl (C=O) groups excluding carboxylic acids is 1. The van der Waals surface area contributed by atoms with E-state index < -0.39 is 0 Å². The molecule has 0 spiro atoms. The summed E-state index contributed by atoms with van der Waals surface area (Å²) in [4.78, 5) is 18.6. The van der Waals surface area contributed by atoms with Crippen molar-refractivity contribution >= 4 is 11.6 Å². The largest absolute Gasteiger partial charge is 0.325 e. The third-order valence-corrected chi connectivity index (χ3v) is 7.42. The number of nitrogens with one attached hydrogen (secondary N) is 3. The predicted molar refractivity (Wildman–Crippen MR) is 132 cm³/mol. The number of hydrogen-bond donors (Lipinski definition) is 3. The van der Waals surface area contributed by atoms with Crippen molar-refractivity contribution in [1.82, 2.24) is 35.2 Å². The van der Waals surface area contributed by atoms with Crippen molar-refractivity contribution in [3.05, 3.63) is 53.7 Å². The Morgan fingerprint density at radius 3 is 2.31 bits per heavy atom. The first-order valence-corrected chi connectivity index (χ1v) is 12.3. The number of hydrogen-bond acceptors (Lipinski definition) is 5. The highest BCUT2D eigenvalue weighted by Crippen LogP contribution is 2.54. The molecule has 1 atom stereocenters. The van der Waals surface area contributed by atoms with Crippen molar-refractivity contribution in [2.45, 2.75) is 45.4 Å². The average Bonchev–Trinajstić information content (AvgIpc) is 3.75. The predicted octanol–water partition coefficient (Wildman–Crippen LogP) is 4.37. The Balaban J connectivity index is 1.28. The monoisotopic (exact) mass is 470 g/mol. The van der Waals surface area contributed by atoms with Crippen LogP contribution in [0, 0.1) is 31.6 Å². The van der Waals surface area contributed by atoms with Crippen LogP contribution in [0.25, 0.3) is 22.6 Å². The minimum absolute atomic E-state index is 0.0232. The Morgan fingerprint density at radius 2 is 1.74 bits per heavy atom. The van der Waals surface area contributed by atoms with Gasteiger partial charge in [-0.3, -0.25) is 19.7 Å². The van der Waals surface area contributed by atoms with Gasteiger partial charge in [0.2, 0.25) is 5.91 Å². The van der Waals surface area contributed by atoms with Gasteiger partial charge in [0.1, 0.15) is 17.4 Å². The molecule has 9 nitrogen and oxygen atoms in total. The zero-order valence-electron chi connectivity index (χ0n) is 20.2. The van der Waals surface area contributed by atoms with E-state index in [1.807, 2.05) is 51.2 Å². The van der Waals surface area contributed by atoms with Gasteiger partial charge in [-0.1, -0.05) is 12.1 Å². The van der Waals surface area contributed by atoms with Gasteiger partial charge in [-0.05, 0) is 81.0 Å². The number of aromatic nitrogens is 7. The maximum atomic E-state index is 13.8. The van der Waals surface area contributed by atoms with Crippen LogP contribution in [0.1, 0.15) is 48.8 Å². The van der Waals surface area contributed by atoms with Crippen LogP contribution < -0.4 is 5.32 Å². The molecule has 6 rings (SSSR count). The van der Waals surface area contributed by atoms with Gasteiger partial charge in [0.25, 0.3) is 0 Å². The normalized spacial score (nSPS) is 16.6. The van der Waals surface area contributed by atoms with E-state index in [4.69, 9.17) is 4.98 Å². The summed E-state index contributed by atoms with van der Waals surface area (Å²) in [5.41, 5.74) is 5.78. The molecule has 35 heavy (non-hydrogen) atoms. The third-order valence-electron chi connectivity index (χ3n) is 7.42. The van der Waals surface area contributed by atoms with Crippen LogP contribution in [-0.4, -0.2) is 41.1 Å². The number of aryl methyl sites for hydroxylation is 3. The van der Waals surface area contributed by atoms with Gasteiger partial charge >= 0.3 is 0 Å². The van der Waals surface area contributed by atoms with Gasteiger partial charge in [0.05, 0.1) is 5.69 Å². The van der Waals surface area contributed by atoms with E-state index in [-0.39, 0.29) is 17.7 Å². The zero-order valence-corrected chi connectivity index (χ0v) is 20.2. The van der Waals surface area contributed by atoms with Crippen LogP contribution in [0.5, 0.6) is 0 Å². The van der Waals surface area contributed by atoms with Crippen LogP contribution in [0.2, 0.25) is 0 Å². The summed E-state index contributed by atoms with van der Waals surface area (Å²) in [6.45, 7) is 4.01. The summed E-state index contributed by atoms with van der Waals surface area (Å²) in [6, 6.07) is 9.86. The Labute approximate surface area is 203 Å². The maximum absolute atomic E-state index is 13.8. The highest BCUT2D eigenvalue weighted by atomic mass is 16.2. The highest BCUT2D eigenvalue weighted by molar-refractivity contribution is 5.96. The summed E-state index contributed by atoms with van der Waals surface area (Å²) in [5, 5.41) is 22.3. The van der Waals surface area contributed by atoms with Crippen molar-refractivity contribution in [3.8, 4) is 22.6 Å². The van der Waals surface area contributed by atoms with Crippen LogP contribution in [0.3, 0.4) is 0 Å². The molecule has 0 saturated heterocycles. The summed E-state index contributed by atoms with van der Waals surface area (Å²) in [5.74, 6) is 2.28. The number of amides is 1. The first kappa shape index (κ1) is 21.8. The van der Waals surface area contributed by atoms with Crippen molar-refractivity contribution in [2.75, 3.05) is 5.32 Å². The van der Waals surface area contributed by atoms with Gasteiger partial charge in [0.15, 0.2) is 5.82 Å². The molecule has 1 amide bonds. The lowest BCUT2D eigenvalue weighted by molar-refractivity contribution is -0.119. The number of carbonyl (C=O) groups is 1. The fourth-order valence-electron chi connectivity index (χ4n) is 5.41. The fraction of sp³-hybridized carbons (Fsp3) is 0.423. The topological polar surface area (TPSA) is 117 Å². The molecule has 2 saturated carbocycles. The van der Waals surface area contributed by atoms with Gasteiger partial charge in [-0.25, -0.2) is 4.98 Å². The summed E-state index contributed by atoms with van der Waals surface area (Å²) in [7, 11) is 1.86. The average molecular weight is 471 g/mol. The summed E-state index contributed by atoms with van der Waals surface area (Å²) < 4.78 is 1.74. The molecule has 0 aliphatic heterocycles. The molecule has 1 unspecified atom stereocenters. The van der Waals surface area contributed by atoms with E-state index in [1.165, 1.54) is 25.7 Å². The lowest BCUT2D eigenvalue weighted by atomic mass is 9.82. The molecule has 0 bridgehead atoms. The summed E-state index contributed by atoms with van der Waals surface area (Å²) in [6.07, 6.45) is 6.47. The number of aromatic amines is 2. The highest BCUT2D eigenvalue weighted by Gasteiger charge is 2.49. The van der Waals surface area contributed by atoms with E-state index in [0.717, 1.165) is 33.9 Å². The standard InChI is InChI=1S/C26H30N8O/c1-14-21(15(2)31-30-14)16-8-10-19(11-9-16)28-26(35)23(22(17-4-5-17)18-6-7-18)25-29-24(32-33-25)20-12-13-27-34(20)3/h8-13,17-18,22-23H,4-7H2,1-3H3,(H,28,35)(H,30,31)(H,29,32,33). The van der Waals surface area contributed by atoms with Gasteiger partial charge in [-0.15, -0.1) is 0 Å². The summed E-state index contributed by atoms with van der Waals surface area (Å²) >= 11 is 0. The number of rotatable bonds is 8. The minimum atomic E-state index is -0.359. The van der Waals surface area contributed by atoms with Gasteiger partial charge in [0, 0.05) is 30.2 Å². The first-order chi connectivity index (χ1) is 17.0. The van der Waals surface area contributed by atoms with Crippen molar-refractivity contribution in [3.63, 3.8) is 0 Å².